The van der Waals surface area contributed by atoms with Crippen molar-refractivity contribution < 1.29 is 14.3 Å². The summed E-state index contributed by atoms with van der Waals surface area (Å²) in [5.41, 5.74) is 1.83. The van der Waals surface area contributed by atoms with Gasteiger partial charge in [0.15, 0.2) is 0 Å². The monoisotopic (exact) mass is 404 g/mol. The van der Waals surface area contributed by atoms with Gasteiger partial charge in [-0.2, -0.15) is 0 Å². The highest BCUT2D eigenvalue weighted by Gasteiger charge is 2.15. The zero-order valence-electron chi connectivity index (χ0n) is 16.1. The van der Waals surface area contributed by atoms with Gasteiger partial charge in [0, 0.05) is 19.2 Å². The highest BCUT2D eigenvalue weighted by Crippen LogP contribution is 2.18. The Morgan fingerprint density at radius 1 is 0.929 bits per heavy atom. The van der Waals surface area contributed by atoms with Crippen molar-refractivity contribution >= 4 is 18.3 Å². The van der Waals surface area contributed by atoms with Gasteiger partial charge >= 0.3 is 0 Å². The Kier molecular flexibility index (Phi) is 9.83. The van der Waals surface area contributed by atoms with Crippen LogP contribution in [0.2, 0.25) is 0 Å². The first-order valence-electron chi connectivity index (χ1n) is 9.68. The molecule has 0 fully saturated rings. The second kappa shape index (κ2) is 12.4. The molecule has 1 aliphatic heterocycles. The van der Waals surface area contributed by atoms with E-state index in [0.717, 1.165) is 25.8 Å². The third-order valence-electron chi connectivity index (χ3n) is 4.58. The summed E-state index contributed by atoms with van der Waals surface area (Å²) in [5, 5.41) is 6.50. The molecule has 1 aliphatic rings. The number of carbonyl (C=O) groups excluding carboxylic acids is 1. The van der Waals surface area contributed by atoms with Gasteiger partial charge < -0.3 is 20.1 Å². The number of amides is 1. The summed E-state index contributed by atoms with van der Waals surface area (Å²) in [4.78, 5) is 12.5. The molecule has 3 rings (SSSR count). The van der Waals surface area contributed by atoms with E-state index >= 15 is 0 Å². The highest BCUT2D eigenvalue weighted by molar-refractivity contribution is 5.96. The van der Waals surface area contributed by atoms with Crippen LogP contribution in [0.15, 0.2) is 54.6 Å². The van der Waals surface area contributed by atoms with Crippen molar-refractivity contribution in [3.63, 3.8) is 0 Å². The maximum atomic E-state index is 12.5. The van der Waals surface area contributed by atoms with E-state index in [-0.39, 0.29) is 24.4 Å². The maximum Gasteiger partial charge on any atom is 0.255 e. The van der Waals surface area contributed by atoms with Crippen LogP contribution in [0, 0.1) is 0 Å². The Morgan fingerprint density at radius 3 is 2.57 bits per heavy atom. The summed E-state index contributed by atoms with van der Waals surface area (Å²) in [7, 11) is 0. The number of rotatable bonds is 2. The number of halogens is 1. The van der Waals surface area contributed by atoms with Crippen molar-refractivity contribution in [1.29, 1.82) is 0 Å². The van der Waals surface area contributed by atoms with Gasteiger partial charge in [-0.05, 0) is 43.5 Å². The fourth-order valence-electron chi connectivity index (χ4n) is 3.13. The lowest BCUT2D eigenvalue weighted by molar-refractivity contribution is 0.0909. The van der Waals surface area contributed by atoms with Crippen molar-refractivity contribution in [1.82, 2.24) is 10.6 Å². The summed E-state index contributed by atoms with van der Waals surface area (Å²) in [5.74, 6) is 0.488. The van der Waals surface area contributed by atoms with E-state index in [1.807, 2.05) is 24.3 Å². The Hall–Kier alpha value is -2.08. The fourth-order valence-corrected chi connectivity index (χ4v) is 3.13. The molecule has 1 amide bonds. The molecule has 0 spiro atoms. The quantitative estimate of drug-likeness (QED) is 0.806. The van der Waals surface area contributed by atoms with E-state index in [4.69, 9.17) is 9.47 Å². The fraction of sp³-hybridized carbons (Fsp3) is 0.409. The van der Waals surface area contributed by atoms with Crippen molar-refractivity contribution in [3.05, 3.63) is 65.7 Å². The van der Waals surface area contributed by atoms with Crippen molar-refractivity contribution in [2.24, 2.45) is 0 Å². The van der Waals surface area contributed by atoms with Gasteiger partial charge in [-0.1, -0.05) is 42.5 Å². The highest BCUT2D eigenvalue weighted by atomic mass is 35.5. The number of ether oxygens (including phenoxy) is 2. The second-order valence-electron chi connectivity index (χ2n) is 6.72. The molecule has 0 bridgehead atoms. The number of nitrogens with one attached hydrogen (secondary N) is 2. The summed E-state index contributed by atoms with van der Waals surface area (Å²) >= 11 is 0. The van der Waals surface area contributed by atoms with Crippen molar-refractivity contribution in [2.45, 2.75) is 25.3 Å². The predicted octanol–water partition coefficient (Wildman–Crippen LogP) is 3.23. The summed E-state index contributed by atoms with van der Waals surface area (Å²) in [6, 6.07) is 18.0. The normalized spacial score (nSPS) is 19.0. The van der Waals surface area contributed by atoms with Gasteiger partial charge in [0.1, 0.15) is 12.4 Å². The molecule has 1 atom stereocenters. The van der Waals surface area contributed by atoms with Crippen LogP contribution in [-0.2, 0) is 11.2 Å². The lowest BCUT2D eigenvalue weighted by atomic mass is 10.1. The third-order valence-corrected chi connectivity index (χ3v) is 4.58. The number of hydrogen-bond acceptors (Lipinski definition) is 4. The van der Waals surface area contributed by atoms with Gasteiger partial charge in [-0.25, -0.2) is 0 Å². The largest absolute Gasteiger partial charge is 0.491 e. The first kappa shape index (κ1) is 22.2. The van der Waals surface area contributed by atoms with Crippen molar-refractivity contribution in [3.8, 4) is 5.75 Å². The molecule has 0 saturated carbocycles. The first-order chi connectivity index (χ1) is 13.3. The van der Waals surface area contributed by atoms with E-state index < -0.39 is 0 Å². The van der Waals surface area contributed by atoms with E-state index in [2.05, 4.69) is 34.9 Å². The minimum Gasteiger partial charge on any atom is -0.491 e. The summed E-state index contributed by atoms with van der Waals surface area (Å²) in [6.07, 6.45) is 2.93. The van der Waals surface area contributed by atoms with Crippen LogP contribution in [0.5, 0.6) is 5.75 Å². The van der Waals surface area contributed by atoms with Gasteiger partial charge in [-0.3, -0.25) is 4.79 Å². The van der Waals surface area contributed by atoms with E-state index in [1.54, 1.807) is 6.07 Å². The Bertz CT molecular complexity index is 712. The van der Waals surface area contributed by atoms with Gasteiger partial charge in [0.05, 0.1) is 12.2 Å². The molecule has 152 valence electrons. The van der Waals surface area contributed by atoms with Crippen LogP contribution in [0.4, 0.5) is 0 Å². The van der Waals surface area contributed by atoms with Crippen LogP contribution >= 0.6 is 12.4 Å². The summed E-state index contributed by atoms with van der Waals surface area (Å²) < 4.78 is 11.7. The standard InChI is InChI=1S/C22H28N2O3.ClH/c25-22-20-10-4-5-11-21(20)27-17-19(16-18-8-2-1-3-9-18)23-12-6-7-14-26-15-13-24-22;/h1-5,8-11,19,23H,6-7,12-17H2,(H,24,25);1H. The summed E-state index contributed by atoms with van der Waals surface area (Å²) in [6.45, 7) is 3.17. The lowest BCUT2D eigenvalue weighted by Crippen LogP contribution is -2.37. The molecular weight excluding hydrogens is 376 g/mol. The van der Waals surface area contributed by atoms with Gasteiger partial charge in [0.2, 0.25) is 0 Å². The van der Waals surface area contributed by atoms with Crippen molar-refractivity contribution in [2.75, 3.05) is 32.9 Å². The van der Waals surface area contributed by atoms with Crippen LogP contribution in [0.1, 0.15) is 28.8 Å². The average molecular weight is 405 g/mol. The molecule has 1 unspecified atom stereocenters. The van der Waals surface area contributed by atoms with Crippen LogP contribution < -0.4 is 15.4 Å². The molecule has 2 aromatic rings. The molecule has 2 aromatic carbocycles. The predicted molar refractivity (Wildman–Crippen MR) is 114 cm³/mol. The number of para-hydroxylation sites is 1. The van der Waals surface area contributed by atoms with Crippen LogP contribution in [-0.4, -0.2) is 44.9 Å². The van der Waals surface area contributed by atoms with Crippen LogP contribution in [0.3, 0.4) is 0 Å². The minimum absolute atomic E-state index is 0. The Morgan fingerprint density at radius 2 is 1.71 bits per heavy atom. The molecule has 6 heteroatoms. The molecule has 0 aromatic heterocycles. The molecular formula is C22H29ClN2O3. The molecule has 0 saturated heterocycles. The number of carbonyl (C=O) groups is 1. The molecule has 0 radical (unpaired) electrons. The maximum absolute atomic E-state index is 12.5. The van der Waals surface area contributed by atoms with E-state index in [1.165, 1.54) is 5.56 Å². The number of benzene rings is 2. The second-order valence-corrected chi connectivity index (χ2v) is 6.72. The third kappa shape index (κ3) is 7.15. The zero-order chi connectivity index (χ0) is 18.7. The Balaban J connectivity index is 0.00000280. The van der Waals surface area contributed by atoms with Crippen LogP contribution in [0.25, 0.3) is 0 Å². The number of hydrogen-bond donors (Lipinski definition) is 2. The molecule has 5 nitrogen and oxygen atoms in total. The topological polar surface area (TPSA) is 59.6 Å². The van der Waals surface area contributed by atoms with E-state index in [0.29, 0.717) is 37.7 Å². The average Bonchev–Trinajstić information content (AvgIpc) is 2.71. The first-order valence-corrected chi connectivity index (χ1v) is 9.68. The SMILES string of the molecule is Cl.O=C1NCCOCCCCNC(Cc2ccccc2)COc2ccccc21. The van der Waals surface area contributed by atoms with Gasteiger partial charge in [-0.15, -0.1) is 12.4 Å². The zero-order valence-corrected chi connectivity index (χ0v) is 16.9. The Labute approximate surface area is 173 Å². The van der Waals surface area contributed by atoms with Gasteiger partial charge in [0.25, 0.3) is 5.91 Å². The number of fused-ring (bicyclic) bond motifs is 1. The lowest BCUT2D eigenvalue weighted by Gasteiger charge is -2.20. The smallest absolute Gasteiger partial charge is 0.255 e. The molecule has 2 N–H and O–H groups in total. The molecule has 0 aliphatic carbocycles. The minimum atomic E-state index is -0.128. The molecule has 1 heterocycles. The molecule has 28 heavy (non-hydrogen) atoms. The van der Waals surface area contributed by atoms with E-state index in [9.17, 15) is 4.79 Å².